The quantitative estimate of drug-likeness (QED) is 0.652. The topological polar surface area (TPSA) is 26.0 Å². The van der Waals surface area contributed by atoms with Gasteiger partial charge in [0.05, 0.1) is 0 Å². The van der Waals surface area contributed by atoms with Gasteiger partial charge < -0.3 is 5.73 Å². The van der Waals surface area contributed by atoms with Crippen molar-refractivity contribution in [3.63, 3.8) is 0 Å². The second kappa shape index (κ2) is 4.19. The van der Waals surface area contributed by atoms with E-state index in [0.29, 0.717) is 17.7 Å². The Morgan fingerprint density at radius 1 is 1.45 bits per heavy atom. The molecular weight excluding hydrogens is 165 g/mol. The van der Waals surface area contributed by atoms with Crippen molar-refractivity contribution in [1.82, 2.24) is 0 Å². The molecule has 0 fully saturated rings. The maximum atomic E-state index is 12.7. The highest BCUT2D eigenvalue weighted by atomic mass is 35.5. The van der Waals surface area contributed by atoms with Crippen molar-refractivity contribution in [2.24, 2.45) is 0 Å². The molecule has 0 bridgehead atoms. The Kier molecular flexibility index (Phi) is 3.90. The van der Waals surface area contributed by atoms with E-state index < -0.39 is 0 Å². The van der Waals surface area contributed by atoms with Crippen LogP contribution in [0.1, 0.15) is 12.5 Å². The first-order valence-corrected chi connectivity index (χ1v) is 3.28. The maximum absolute atomic E-state index is 12.7. The number of nitrogen functional groups attached to an aromatic ring is 1. The predicted molar refractivity (Wildman–Crippen MR) is 47.4 cm³/mol. The largest absolute Gasteiger partial charge is 0.399 e. The average molecular weight is 176 g/mol. The van der Waals surface area contributed by atoms with Crippen molar-refractivity contribution in [1.29, 1.82) is 0 Å². The van der Waals surface area contributed by atoms with Crippen LogP contribution in [0.4, 0.5) is 10.1 Å². The fourth-order valence-electron chi connectivity index (χ4n) is 0.866. The minimum Gasteiger partial charge on any atom is -0.399 e. The first-order valence-electron chi connectivity index (χ1n) is 3.28. The summed E-state index contributed by atoms with van der Waals surface area (Å²) in [6.45, 7) is 1.90. The van der Waals surface area contributed by atoms with Crippen molar-refractivity contribution >= 4 is 18.1 Å². The first-order chi connectivity index (χ1) is 4.74. The molecule has 3 heteroatoms. The molecule has 0 spiro atoms. The van der Waals surface area contributed by atoms with Gasteiger partial charge in [-0.1, -0.05) is 6.92 Å². The number of benzene rings is 1. The lowest BCUT2D eigenvalue weighted by Crippen LogP contribution is -1.90. The van der Waals surface area contributed by atoms with Gasteiger partial charge in [0.1, 0.15) is 5.82 Å². The molecule has 0 saturated carbocycles. The third-order valence-electron chi connectivity index (χ3n) is 1.45. The summed E-state index contributed by atoms with van der Waals surface area (Å²) in [5.41, 5.74) is 6.74. The normalized spacial score (nSPS) is 8.91. The molecule has 2 N–H and O–H groups in total. The van der Waals surface area contributed by atoms with Gasteiger partial charge in [0.25, 0.3) is 0 Å². The third-order valence-corrected chi connectivity index (χ3v) is 1.45. The molecule has 11 heavy (non-hydrogen) atoms. The van der Waals surface area contributed by atoms with Crippen LogP contribution < -0.4 is 5.73 Å². The van der Waals surface area contributed by atoms with E-state index in [0.717, 1.165) is 0 Å². The van der Waals surface area contributed by atoms with E-state index in [1.54, 1.807) is 12.1 Å². The van der Waals surface area contributed by atoms with Gasteiger partial charge >= 0.3 is 0 Å². The highest BCUT2D eigenvalue weighted by Gasteiger charge is 1.97. The van der Waals surface area contributed by atoms with Crippen LogP contribution in [0.3, 0.4) is 0 Å². The SMILES string of the molecule is CCc1cc(N)ccc1F.Cl. The van der Waals surface area contributed by atoms with Crippen molar-refractivity contribution in [3.8, 4) is 0 Å². The summed E-state index contributed by atoms with van der Waals surface area (Å²) in [4.78, 5) is 0. The van der Waals surface area contributed by atoms with Crippen LogP contribution in [0.5, 0.6) is 0 Å². The van der Waals surface area contributed by atoms with Gasteiger partial charge in [-0.2, -0.15) is 0 Å². The van der Waals surface area contributed by atoms with Gasteiger partial charge in [0.15, 0.2) is 0 Å². The molecule has 0 amide bonds. The standard InChI is InChI=1S/C8H10FN.ClH/c1-2-6-5-7(10)3-4-8(6)9;/h3-5H,2,10H2,1H3;1H. The highest BCUT2D eigenvalue weighted by Crippen LogP contribution is 2.11. The number of anilines is 1. The van der Waals surface area contributed by atoms with Gasteiger partial charge in [-0.3, -0.25) is 0 Å². The molecule has 62 valence electrons. The van der Waals surface area contributed by atoms with Crippen LogP contribution in [-0.4, -0.2) is 0 Å². The van der Waals surface area contributed by atoms with E-state index in [9.17, 15) is 4.39 Å². The molecular formula is C8H11ClFN. The minimum atomic E-state index is -0.170. The van der Waals surface area contributed by atoms with Crippen LogP contribution in [-0.2, 0) is 6.42 Å². The number of hydrogen-bond donors (Lipinski definition) is 1. The second-order valence-corrected chi connectivity index (χ2v) is 2.20. The van der Waals surface area contributed by atoms with Crippen LogP contribution >= 0.6 is 12.4 Å². The molecule has 0 radical (unpaired) electrons. The predicted octanol–water partition coefficient (Wildman–Crippen LogP) is 2.39. The fourth-order valence-corrected chi connectivity index (χ4v) is 0.866. The summed E-state index contributed by atoms with van der Waals surface area (Å²) in [6.07, 6.45) is 0.691. The van der Waals surface area contributed by atoms with Gasteiger partial charge in [-0.25, -0.2) is 4.39 Å². The smallest absolute Gasteiger partial charge is 0.126 e. The molecule has 1 nitrogen and oxygen atoms in total. The van der Waals surface area contributed by atoms with Crippen LogP contribution in [0.2, 0.25) is 0 Å². The molecule has 0 aromatic heterocycles. The number of rotatable bonds is 1. The monoisotopic (exact) mass is 175 g/mol. The Balaban J connectivity index is 0.000001000. The van der Waals surface area contributed by atoms with Crippen molar-refractivity contribution in [3.05, 3.63) is 29.6 Å². The van der Waals surface area contributed by atoms with E-state index in [1.165, 1.54) is 6.07 Å². The summed E-state index contributed by atoms with van der Waals surface area (Å²) < 4.78 is 12.7. The lowest BCUT2D eigenvalue weighted by atomic mass is 10.1. The van der Waals surface area contributed by atoms with Crippen molar-refractivity contribution < 1.29 is 4.39 Å². The van der Waals surface area contributed by atoms with Crippen LogP contribution in [0, 0.1) is 5.82 Å². The number of hydrogen-bond acceptors (Lipinski definition) is 1. The van der Waals surface area contributed by atoms with E-state index >= 15 is 0 Å². The zero-order chi connectivity index (χ0) is 7.56. The second-order valence-electron chi connectivity index (χ2n) is 2.20. The van der Waals surface area contributed by atoms with E-state index in [4.69, 9.17) is 5.73 Å². The Bertz CT molecular complexity index is 238. The highest BCUT2D eigenvalue weighted by molar-refractivity contribution is 5.85. The summed E-state index contributed by atoms with van der Waals surface area (Å²) in [5, 5.41) is 0. The molecule has 0 atom stereocenters. The van der Waals surface area contributed by atoms with Gasteiger partial charge in [-0.15, -0.1) is 12.4 Å². The lowest BCUT2D eigenvalue weighted by Gasteiger charge is -1.99. The van der Waals surface area contributed by atoms with E-state index in [2.05, 4.69) is 0 Å². The molecule has 1 aromatic rings. The number of aryl methyl sites for hydroxylation is 1. The Labute approximate surface area is 71.8 Å². The molecule has 0 unspecified atom stereocenters. The Hall–Kier alpha value is -0.760. The van der Waals surface area contributed by atoms with Crippen LogP contribution in [0.15, 0.2) is 18.2 Å². The zero-order valence-corrected chi connectivity index (χ0v) is 7.12. The minimum absolute atomic E-state index is 0. The van der Waals surface area contributed by atoms with Gasteiger partial charge in [0.2, 0.25) is 0 Å². The Morgan fingerprint density at radius 2 is 2.09 bits per heavy atom. The maximum Gasteiger partial charge on any atom is 0.126 e. The molecule has 0 aliphatic carbocycles. The van der Waals surface area contributed by atoms with Crippen molar-refractivity contribution in [2.75, 3.05) is 5.73 Å². The third kappa shape index (κ3) is 2.39. The lowest BCUT2D eigenvalue weighted by molar-refractivity contribution is 0.612. The zero-order valence-electron chi connectivity index (χ0n) is 6.30. The molecule has 0 aliphatic rings. The van der Waals surface area contributed by atoms with Crippen molar-refractivity contribution in [2.45, 2.75) is 13.3 Å². The summed E-state index contributed by atoms with van der Waals surface area (Å²) >= 11 is 0. The average Bonchev–Trinajstić information content (AvgIpc) is 1.94. The molecule has 0 aliphatic heterocycles. The number of halogens is 2. The van der Waals surface area contributed by atoms with E-state index in [-0.39, 0.29) is 18.2 Å². The molecule has 1 aromatic carbocycles. The van der Waals surface area contributed by atoms with Crippen LogP contribution in [0.25, 0.3) is 0 Å². The Morgan fingerprint density at radius 3 is 2.55 bits per heavy atom. The molecule has 1 rings (SSSR count). The fraction of sp³-hybridized carbons (Fsp3) is 0.250. The van der Waals surface area contributed by atoms with Gasteiger partial charge in [-0.05, 0) is 30.2 Å². The summed E-state index contributed by atoms with van der Waals surface area (Å²) in [5.74, 6) is -0.170. The number of nitrogens with two attached hydrogens (primary N) is 1. The van der Waals surface area contributed by atoms with Gasteiger partial charge in [0, 0.05) is 5.69 Å². The molecule has 0 saturated heterocycles. The molecule has 0 heterocycles. The summed E-state index contributed by atoms with van der Waals surface area (Å²) in [7, 11) is 0. The summed E-state index contributed by atoms with van der Waals surface area (Å²) in [6, 6.07) is 4.62. The van der Waals surface area contributed by atoms with E-state index in [1.807, 2.05) is 6.92 Å². The first kappa shape index (κ1) is 10.2.